The highest BCUT2D eigenvalue weighted by Crippen LogP contribution is 2.15. The third kappa shape index (κ3) is 2.52. The van der Waals surface area contributed by atoms with Gasteiger partial charge >= 0.3 is 0 Å². The Morgan fingerprint density at radius 2 is 1.86 bits per heavy atom. The summed E-state index contributed by atoms with van der Waals surface area (Å²) in [5, 5.41) is 0. The minimum absolute atomic E-state index is 0.0429. The Hall–Kier alpha value is -1.44. The molecule has 0 saturated heterocycles. The van der Waals surface area contributed by atoms with E-state index in [4.69, 9.17) is 0 Å². The van der Waals surface area contributed by atoms with Crippen molar-refractivity contribution in [3.8, 4) is 0 Å². The van der Waals surface area contributed by atoms with E-state index in [1.54, 1.807) is 13.8 Å². The molecular weight excluding hydrogens is 176 g/mol. The smallest absolute Gasteiger partial charge is 0.149 e. The van der Waals surface area contributed by atoms with Crippen LogP contribution in [-0.2, 0) is 16.0 Å². The van der Waals surface area contributed by atoms with Gasteiger partial charge in [-0.25, -0.2) is 0 Å². The fourth-order valence-corrected chi connectivity index (χ4v) is 1.07. The molecule has 14 heavy (non-hydrogen) atoms. The highest BCUT2D eigenvalue weighted by atomic mass is 16.1. The largest absolute Gasteiger partial charge is 0.302 e. The Bertz CT molecular complexity index is 325. The second-order valence-corrected chi connectivity index (χ2v) is 3.93. The number of carbonyl (C=O) groups excluding carboxylic acids is 2. The Labute approximate surface area is 83.9 Å². The van der Waals surface area contributed by atoms with E-state index in [2.05, 4.69) is 0 Å². The number of hydrogen-bond donors (Lipinski definition) is 0. The molecule has 0 unspecified atom stereocenters. The number of aldehydes is 1. The summed E-state index contributed by atoms with van der Waals surface area (Å²) in [7, 11) is 0. The zero-order valence-corrected chi connectivity index (χ0v) is 8.49. The molecule has 0 radical (unpaired) electrons. The van der Waals surface area contributed by atoms with Crippen molar-refractivity contribution in [3.63, 3.8) is 0 Å². The average molecular weight is 190 g/mol. The Balaban J connectivity index is 2.72. The molecule has 0 spiro atoms. The molecule has 1 rings (SSSR count). The summed E-state index contributed by atoms with van der Waals surface area (Å²) >= 11 is 0. The van der Waals surface area contributed by atoms with Crippen LogP contribution < -0.4 is 0 Å². The van der Waals surface area contributed by atoms with Gasteiger partial charge in [-0.15, -0.1) is 0 Å². The van der Waals surface area contributed by atoms with Crippen LogP contribution >= 0.6 is 0 Å². The quantitative estimate of drug-likeness (QED) is 0.537. The lowest BCUT2D eigenvalue weighted by Crippen LogP contribution is -2.27. The molecule has 2 nitrogen and oxygen atoms in total. The van der Waals surface area contributed by atoms with E-state index in [0.29, 0.717) is 12.7 Å². The van der Waals surface area contributed by atoms with Crippen LogP contribution in [0.25, 0.3) is 0 Å². The van der Waals surface area contributed by atoms with Crippen LogP contribution in [0.1, 0.15) is 19.4 Å². The number of rotatable bonds is 4. The lowest BCUT2D eigenvalue weighted by atomic mass is 9.86. The van der Waals surface area contributed by atoms with Crippen LogP contribution in [0.15, 0.2) is 30.3 Å². The summed E-state index contributed by atoms with van der Waals surface area (Å²) in [4.78, 5) is 22.3. The summed E-state index contributed by atoms with van der Waals surface area (Å²) in [6.45, 7) is 3.29. The molecule has 0 aromatic heterocycles. The highest BCUT2D eigenvalue weighted by molar-refractivity contribution is 5.98. The van der Waals surface area contributed by atoms with Crippen LogP contribution in [0.5, 0.6) is 0 Å². The molecule has 0 amide bonds. The zero-order valence-electron chi connectivity index (χ0n) is 8.49. The van der Waals surface area contributed by atoms with Gasteiger partial charge in [-0.1, -0.05) is 30.3 Å². The number of benzene rings is 1. The molecule has 74 valence electrons. The topological polar surface area (TPSA) is 34.1 Å². The molecule has 2 heteroatoms. The summed E-state index contributed by atoms with van der Waals surface area (Å²) in [6.07, 6.45) is 1.03. The van der Waals surface area contributed by atoms with Crippen molar-refractivity contribution in [2.45, 2.75) is 20.3 Å². The van der Waals surface area contributed by atoms with Gasteiger partial charge in [0.25, 0.3) is 0 Å². The molecule has 1 aromatic rings. The van der Waals surface area contributed by atoms with Gasteiger partial charge in [-0.2, -0.15) is 0 Å². The molecule has 0 aliphatic carbocycles. The monoisotopic (exact) mass is 190 g/mol. The predicted molar refractivity (Wildman–Crippen MR) is 55.0 cm³/mol. The van der Waals surface area contributed by atoms with Gasteiger partial charge < -0.3 is 4.79 Å². The summed E-state index contributed by atoms with van der Waals surface area (Å²) < 4.78 is 0. The van der Waals surface area contributed by atoms with Crippen molar-refractivity contribution in [2.24, 2.45) is 5.41 Å². The first-order chi connectivity index (χ1) is 6.56. The first-order valence-corrected chi connectivity index (χ1v) is 4.60. The Kier molecular flexibility index (Phi) is 3.18. The van der Waals surface area contributed by atoms with E-state index in [-0.39, 0.29) is 5.78 Å². The molecule has 0 aliphatic rings. The molecule has 0 bridgehead atoms. The van der Waals surface area contributed by atoms with Crippen molar-refractivity contribution in [1.29, 1.82) is 0 Å². The van der Waals surface area contributed by atoms with E-state index < -0.39 is 5.41 Å². The number of Topliss-reactive ketones (excluding diaryl/α,β-unsaturated/α-hetero) is 1. The van der Waals surface area contributed by atoms with Gasteiger partial charge in [0.2, 0.25) is 0 Å². The predicted octanol–water partition coefficient (Wildman–Crippen LogP) is 2.02. The van der Waals surface area contributed by atoms with E-state index in [9.17, 15) is 9.59 Å². The minimum Gasteiger partial charge on any atom is -0.302 e. The van der Waals surface area contributed by atoms with Crippen molar-refractivity contribution in [3.05, 3.63) is 35.9 Å². The minimum atomic E-state index is -0.865. The van der Waals surface area contributed by atoms with Crippen molar-refractivity contribution < 1.29 is 9.59 Å². The van der Waals surface area contributed by atoms with Gasteiger partial charge in [-0.05, 0) is 19.4 Å². The molecule has 0 N–H and O–H groups in total. The van der Waals surface area contributed by atoms with E-state index in [1.165, 1.54) is 0 Å². The van der Waals surface area contributed by atoms with Gasteiger partial charge in [-0.3, -0.25) is 4.79 Å². The van der Waals surface area contributed by atoms with Crippen LogP contribution in [-0.4, -0.2) is 12.1 Å². The van der Waals surface area contributed by atoms with E-state index in [1.807, 2.05) is 30.3 Å². The fraction of sp³-hybridized carbons (Fsp3) is 0.333. The molecular formula is C12H14O2. The summed E-state index contributed by atoms with van der Waals surface area (Å²) in [5.41, 5.74) is 0.0861. The molecule has 0 saturated carbocycles. The van der Waals surface area contributed by atoms with Gasteiger partial charge in [0.05, 0.1) is 5.41 Å². The van der Waals surface area contributed by atoms with Crippen LogP contribution in [0.4, 0.5) is 0 Å². The maximum absolute atomic E-state index is 11.6. The number of ketones is 1. The van der Waals surface area contributed by atoms with Crippen molar-refractivity contribution in [2.75, 3.05) is 0 Å². The maximum Gasteiger partial charge on any atom is 0.149 e. The number of carbonyl (C=O) groups is 2. The SMILES string of the molecule is CC(C)(C=O)C(=O)Cc1ccccc1. The summed E-state index contributed by atoms with van der Waals surface area (Å²) in [6, 6.07) is 9.45. The fourth-order valence-electron chi connectivity index (χ4n) is 1.07. The first-order valence-electron chi connectivity index (χ1n) is 4.60. The second kappa shape index (κ2) is 4.18. The van der Waals surface area contributed by atoms with Gasteiger partial charge in [0.15, 0.2) is 0 Å². The normalized spacial score (nSPS) is 11.0. The van der Waals surface area contributed by atoms with Crippen LogP contribution in [0, 0.1) is 5.41 Å². The van der Waals surface area contributed by atoms with Crippen LogP contribution in [0.2, 0.25) is 0 Å². The van der Waals surface area contributed by atoms with Gasteiger partial charge in [0, 0.05) is 6.42 Å². The number of hydrogen-bond acceptors (Lipinski definition) is 2. The van der Waals surface area contributed by atoms with Crippen molar-refractivity contribution in [1.82, 2.24) is 0 Å². The first kappa shape index (κ1) is 10.6. The van der Waals surface area contributed by atoms with Gasteiger partial charge in [0.1, 0.15) is 12.1 Å². The Morgan fingerprint density at radius 1 is 1.29 bits per heavy atom. The summed E-state index contributed by atoms with van der Waals surface area (Å²) in [5.74, 6) is -0.0429. The lowest BCUT2D eigenvalue weighted by Gasteiger charge is -2.14. The van der Waals surface area contributed by atoms with E-state index in [0.717, 1.165) is 5.56 Å². The lowest BCUT2D eigenvalue weighted by molar-refractivity contribution is -0.132. The molecule has 0 fully saturated rings. The standard InChI is InChI=1S/C12H14O2/c1-12(2,9-13)11(14)8-10-6-4-3-5-7-10/h3-7,9H,8H2,1-2H3. The Morgan fingerprint density at radius 3 is 2.36 bits per heavy atom. The third-order valence-electron chi connectivity index (χ3n) is 2.22. The zero-order chi connectivity index (χ0) is 10.6. The van der Waals surface area contributed by atoms with E-state index >= 15 is 0 Å². The maximum atomic E-state index is 11.6. The van der Waals surface area contributed by atoms with Crippen molar-refractivity contribution >= 4 is 12.1 Å². The van der Waals surface area contributed by atoms with Crippen LogP contribution in [0.3, 0.4) is 0 Å². The highest BCUT2D eigenvalue weighted by Gasteiger charge is 2.26. The molecule has 0 atom stereocenters. The molecule has 0 heterocycles. The average Bonchev–Trinajstić information content (AvgIpc) is 2.19. The third-order valence-corrected chi connectivity index (χ3v) is 2.22. The molecule has 0 aliphatic heterocycles. The molecule has 1 aromatic carbocycles. The second-order valence-electron chi connectivity index (χ2n) is 3.93.